The molecule has 0 radical (unpaired) electrons. The molecule has 2 aliphatic rings. The number of carbonyl (C=O) groups is 1. The summed E-state index contributed by atoms with van der Waals surface area (Å²) in [7, 11) is 1.86. The summed E-state index contributed by atoms with van der Waals surface area (Å²) in [5.41, 5.74) is 0. The van der Waals surface area contributed by atoms with Gasteiger partial charge in [-0.3, -0.25) is 4.79 Å². The number of aliphatic hydroxyl groups excluding tert-OH is 1. The van der Waals surface area contributed by atoms with Gasteiger partial charge in [-0.2, -0.15) is 0 Å². The van der Waals surface area contributed by atoms with Crippen molar-refractivity contribution in [2.75, 3.05) is 33.4 Å². The first-order valence-corrected chi connectivity index (χ1v) is 6.89. The molecular weight excluding hydrogens is 232 g/mol. The fourth-order valence-electron chi connectivity index (χ4n) is 3.08. The average Bonchev–Trinajstić information content (AvgIpc) is 3.03. The molecule has 2 rings (SSSR count). The molecule has 0 bridgehead atoms. The lowest BCUT2D eigenvalue weighted by molar-refractivity contribution is -0.125. The molecule has 18 heavy (non-hydrogen) atoms. The lowest BCUT2D eigenvalue weighted by Gasteiger charge is -2.21. The van der Waals surface area contributed by atoms with Crippen LogP contribution in [0.5, 0.6) is 0 Å². The highest BCUT2D eigenvalue weighted by Gasteiger charge is 2.34. The van der Waals surface area contributed by atoms with Crippen LogP contribution in [0.4, 0.5) is 0 Å². The number of amides is 1. The minimum Gasteiger partial charge on any atom is -0.396 e. The number of carbonyl (C=O) groups excluding carboxylic acids is 1. The van der Waals surface area contributed by atoms with E-state index in [1.54, 1.807) is 0 Å². The predicted octanol–water partition coefficient (Wildman–Crippen LogP) is -0.254. The van der Waals surface area contributed by atoms with E-state index in [2.05, 4.69) is 10.6 Å². The van der Waals surface area contributed by atoms with Gasteiger partial charge in [0.2, 0.25) is 5.91 Å². The molecule has 1 aliphatic carbocycles. The monoisotopic (exact) mass is 256 g/mol. The van der Waals surface area contributed by atoms with E-state index in [1.165, 1.54) is 0 Å². The standard InChI is InChI=1S/C13H24N2O3/c1-14-12-8-18-7-11(12)13(17)15-5-9-3-2-4-10(9)6-16/h9-12,14,16H,2-8H2,1H3,(H,15,17). The minimum atomic E-state index is -0.0796. The maximum absolute atomic E-state index is 12.1. The van der Waals surface area contributed by atoms with E-state index in [0.29, 0.717) is 31.6 Å². The van der Waals surface area contributed by atoms with Gasteiger partial charge in [0, 0.05) is 19.2 Å². The zero-order chi connectivity index (χ0) is 13.0. The molecule has 2 fully saturated rings. The van der Waals surface area contributed by atoms with Crippen molar-refractivity contribution in [2.24, 2.45) is 17.8 Å². The predicted molar refractivity (Wildman–Crippen MR) is 68.1 cm³/mol. The molecule has 4 unspecified atom stereocenters. The summed E-state index contributed by atoms with van der Waals surface area (Å²) in [4.78, 5) is 12.1. The van der Waals surface area contributed by atoms with E-state index in [0.717, 1.165) is 19.3 Å². The van der Waals surface area contributed by atoms with Crippen molar-refractivity contribution >= 4 is 5.91 Å². The molecule has 1 saturated heterocycles. The van der Waals surface area contributed by atoms with Crippen molar-refractivity contribution in [1.82, 2.24) is 10.6 Å². The van der Waals surface area contributed by atoms with Gasteiger partial charge in [0.1, 0.15) is 0 Å². The van der Waals surface area contributed by atoms with Gasteiger partial charge in [0.05, 0.1) is 19.1 Å². The summed E-state index contributed by atoms with van der Waals surface area (Å²) < 4.78 is 5.33. The first kappa shape index (κ1) is 13.8. The number of nitrogens with one attached hydrogen (secondary N) is 2. The van der Waals surface area contributed by atoms with E-state index >= 15 is 0 Å². The molecule has 4 atom stereocenters. The summed E-state index contributed by atoms with van der Waals surface area (Å²) >= 11 is 0. The van der Waals surface area contributed by atoms with E-state index in [4.69, 9.17) is 4.74 Å². The minimum absolute atomic E-state index is 0.0791. The Hall–Kier alpha value is -0.650. The van der Waals surface area contributed by atoms with Crippen molar-refractivity contribution in [2.45, 2.75) is 25.3 Å². The maximum Gasteiger partial charge on any atom is 0.227 e. The van der Waals surface area contributed by atoms with Crippen molar-refractivity contribution in [3.8, 4) is 0 Å². The van der Waals surface area contributed by atoms with Crippen molar-refractivity contribution in [3.05, 3.63) is 0 Å². The number of likely N-dealkylation sites (N-methyl/N-ethyl adjacent to an activating group) is 1. The van der Waals surface area contributed by atoms with Crippen LogP contribution in [0.3, 0.4) is 0 Å². The highest BCUT2D eigenvalue weighted by Crippen LogP contribution is 2.30. The fourth-order valence-corrected chi connectivity index (χ4v) is 3.08. The average molecular weight is 256 g/mol. The topological polar surface area (TPSA) is 70.6 Å². The molecule has 0 aromatic rings. The van der Waals surface area contributed by atoms with Crippen LogP contribution in [0, 0.1) is 17.8 Å². The van der Waals surface area contributed by atoms with E-state index < -0.39 is 0 Å². The van der Waals surface area contributed by atoms with Crippen LogP contribution in [0.2, 0.25) is 0 Å². The number of aliphatic hydroxyl groups is 1. The first-order chi connectivity index (χ1) is 8.76. The largest absolute Gasteiger partial charge is 0.396 e. The third kappa shape index (κ3) is 3.02. The lowest BCUT2D eigenvalue weighted by atomic mass is 9.96. The van der Waals surface area contributed by atoms with Gasteiger partial charge in [-0.25, -0.2) is 0 Å². The van der Waals surface area contributed by atoms with Gasteiger partial charge in [-0.15, -0.1) is 0 Å². The molecule has 104 valence electrons. The zero-order valence-electron chi connectivity index (χ0n) is 11.0. The molecule has 3 N–H and O–H groups in total. The van der Waals surface area contributed by atoms with Crippen LogP contribution in [0.25, 0.3) is 0 Å². The summed E-state index contributed by atoms with van der Waals surface area (Å²) in [5, 5.41) is 15.4. The highest BCUT2D eigenvalue weighted by atomic mass is 16.5. The normalized spacial score (nSPS) is 35.9. The third-order valence-corrected chi connectivity index (χ3v) is 4.38. The lowest BCUT2D eigenvalue weighted by Crippen LogP contribution is -2.44. The third-order valence-electron chi connectivity index (χ3n) is 4.38. The smallest absolute Gasteiger partial charge is 0.227 e. The van der Waals surface area contributed by atoms with Gasteiger partial charge in [-0.1, -0.05) is 6.42 Å². The van der Waals surface area contributed by atoms with Gasteiger partial charge >= 0.3 is 0 Å². The number of hydrogen-bond donors (Lipinski definition) is 3. The molecule has 1 heterocycles. The molecular formula is C13H24N2O3. The van der Waals surface area contributed by atoms with Gasteiger partial charge < -0.3 is 20.5 Å². The first-order valence-electron chi connectivity index (χ1n) is 6.89. The van der Waals surface area contributed by atoms with Gasteiger partial charge in [0.15, 0.2) is 0 Å². The Morgan fingerprint density at radius 1 is 1.33 bits per heavy atom. The second-order valence-electron chi connectivity index (χ2n) is 5.42. The van der Waals surface area contributed by atoms with E-state index in [9.17, 15) is 9.90 Å². The molecule has 0 aromatic carbocycles. The number of rotatable bonds is 5. The molecule has 5 nitrogen and oxygen atoms in total. The SMILES string of the molecule is CNC1COCC1C(=O)NCC1CCCC1CO. The Kier molecular flexibility index (Phi) is 4.97. The Morgan fingerprint density at radius 3 is 2.83 bits per heavy atom. The van der Waals surface area contributed by atoms with Gasteiger partial charge in [-0.05, 0) is 31.7 Å². The van der Waals surface area contributed by atoms with Crippen LogP contribution in [-0.4, -0.2) is 50.5 Å². The Bertz CT molecular complexity index is 285. The second kappa shape index (κ2) is 6.50. The summed E-state index contributed by atoms with van der Waals surface area (Å²) in [5.74, 6) is 0.805. The molecule has 1 aliphatic heterocycles. The molecule has 1 saturated carbocycles. The second-order valence-corrected chi connectivity index (χ2v) is 5.42. The van der Waals surface area contributed by atoms with Crippen LogP contribution in [0.1, 0.15) is 19.3 Å². The summed E-state index contributed by atoms with van der Waals surface area (Å²) in [6.45, 7) is 2.05. The van der Waals surface area contributed by atoms with Crippen LogP contribution in [0.15, 0.2) is 0 Å². The molecule has 0 aromatic heterocycles. The number of hydrogen-bond acceptors (Lipinski definition) is 4. The molecule has 5 heteroatoms. The van der Waals surface area contributed by atoms with Crippen molar-refractivity contribution < 1.29 is 14.6 Å². The van der Waals surface area contributed by atoms with E-state index in [1.807, 2.05) is 7.05 Å². The summed E-state index contributed by atoms with van der Waals surface area (Å²) in [6, 6.07) is 0.127. The Labute approximate surface area is 108 Å². The van der Waals surface area contributed by atoms with Crippen LogP contribution < -0.4 is 10.6 Å². The van der Waals surface area contributed by atoms with Crippen molar-refractivity contribution in [1.29, 1.82) is 0 Å². The Morgan fingerprint density at radius 2 is 2.11 bits per heavy atom. The zero-order valence-corrected chi connectivity index (χ0v) is 11.0. The van der Waals surface area contributed by atoms with Crippen LogP contribution >= 0.6 is 0 Å². The van der Waals surface area contributed by atoms with Crippen LogP contribution in [-0.2, 0) is 9.53 Å². The van der Waals surface area contributed by atoms with Crippen molar-refractivity contribution in [3.63, 3.8) is 0 Å². The summed E-state index contributed by atoms with van der Waals surface area (Å²) in [6.07, 6.45) is 3.36. The van der Waals surface area contributed by atoms with E-state index in [-0.39, 0.29) is 24.5 Å². The highest BCUT2D eigenvalue weighted by molar-refractivity contribution is 5.79. The maximum atomic E-state index is 12.1. The quantitative estimate of drug-likeness (QED) is 0.634. The number of ether oxygens (including phenoxy) is 1. The van der Waals surface area contributed by atoms with Gasteiger partial charge in [0.25, 0.3) is 0 Å². The molecule has 0 spiro atoms. The Balaban J connectivity index is 1.77. The fraction of sp³-hybridized carbons (Fsp3) is 0.923. The molecule has 1 amide bonds.